The van der Waals surface area contributed by atoms with Crippen molar-refractivity contribution >= 4 is 5.84 Å². The van der Waals surface area contributed by atoms with Gasteiger partial charge >= 0.3 is 12.8 Å². The first-order valence-corrected chi connectivity index (χ1v) is 8.40. The first kappa shape index (κ1) is 21.0. The van der Waals surface area contributed by atoms with Crippen molar-refractivity contribution in [1.29, 1.82) is 0 Å². The van der Waals surface area contributed by atoms with Crippen LogP contribution >= 0.6 is 0 Å². The Kier molecular flexibility index (Phi) is 5.26. The third kappa shape index (κ3) is 3.90. The van der Waals surface area contributed by atoms with E-state index in [1.54, 1.807) is 0 Å². The van der Waals surface area contributed by atoms with Crippen LogP contribution in [0, 0.1) is 11.6 Å². The Morgan fingerprint density at radius 2 is 1.93 bits per heavy atom. The van der Waals surface area contributed by atoms with Crippen LogP contribution in [0.15, 0.2) is 40.7 Å². The van der Waals surface area contributed by atoms with Gasteiger partial charge in [-0.15, -0.1) is 0 Å². The van der Waals surface area contributed by atoms with E-state index in [1.165, 1.54) is 19.9 Å². The molecule has 29 heavy (non-hydrogen) atoms. The van der Waals surface area contributed by atoms with Crippen molar-refractivity contribution in [3.05, 3.63) is 52.9 Å². The number of benzene rings is 1. The molecule has 0 aromatic heterocycles. The van der Waals surface area contributed by atoms with Gasteiger partial charge in [-0.25, -0.2) is 4.39 Å². The zero-order valence-electron chi connectivity index (χ0n) is 15.2. The van der Waals surface area contributed by atoms with Crippen molar-refractivity contribution in [2.75, 3.05) is 13.2 Å². The van der Waals surface area contributed by atoms with E-state index in [-0.39, 0.29) is 24.6 Å². The van der Waals surface area contributed by atoms with E-state index in [2.05, 4.69) is 9.73 Å². The van der Waals surface area contributed by atoms with E-state index in [0.29, 0.717) is 12.3 Å². The SMILES string of the molecule is CCOc1c([C@@]2(C)CN3C=C(C(F)(F)F)C=C(OC(F)F)C3=N2)ccc(F)c1F. The zero-order chi connectivity index (χ0) is 21.6. The molecule has 1 aromatic carbocycles. The molecular weight excluding hydrogens is 409 g/mol. The number of halogens is 7. The average Bonchev–Trinajstić information content (AvgIpc) is 2.95. The number of fused-ring (bicyclic) bond motifs is 1. The number of ether oxygens (including phenoxy) is 2. The number of amidine groups is 1. The molecule has 2 aliphatic rings. The molecule has 0 spiro atoms. The van der Waals surface area contributed by atoms with Gasteiger partial charge < -0.3 is 14.4 Å². The summed E-state index contributed by atoms with van der Waals surface area (Å²) in [5.41, 5.74) is -2.58. The lowest BCUT2D eigenvalue weighted by Crippen LogP contribution is -2.34. The lowest BCUT2D eigenvalue weighted by atomic mass is 9.92. The summed E-state index contributed by atoms with van der Waals surface area (Å²) in [6.45, 7) is -0.684. The molecule has 0 saturated heterocycles. The van der Waals surface area contributed by atoms with Gasteiger partial charge in [0.1, 0.15) is 5.54 Å². The van der Waals surface area contributed by atoms with Crippen LogP contribution in [-0.2, 0) is 10.3 Å². The highest BCUT2D eigenvalue weighted by Gasteiger charge is 2.45. The minimum atomic E-state index is -4.82. The molecule has 2 heterocycles. The Bertz CT molecular complexity index is 908. The molecule has 0 unspecified atom stereocenters. The Labute approximate surface area is 160 Å². The van der Waals surface area contributed by atoms with E-state index in [4.69, 9.17) is 4.74 Å². The van der Waals surface area contributed by atoms with E-state index in [0.717, 1.165) is 11.0 Å². The summed E-state index contributed by atoms with van der Waals surface area (Å²) in [7, 11) is 0. The molecule has 2 aliphatic heterocycles. The summed E-state index contributed by atoms with van der Waals surface area (Å²) in [6.07, 6.45) is -3.70. The molecule has 1 atom stereocenters. The number of aliphatic imine (C=N–C) groups is 1. The number of rotatable bonds is 5. The number of hydrogen-bond acceptors (Lipinski definition) is 4. The first-order chi connectivity index (χ1) is 13.5. The van der Waals surface area contributed by atoms with Crippen LogP contribution < -0.4 is 4.74 Å². The van der Waals surface area contributed by atoms with E-state index in [1.807, 2.05) is 0 Å². The van der Waals surface area contributed by atoms with Crippen LogP contribution in [0.1, 0.15) is 19.4 Å². The number of hydrogen-bond donors (Lipinski definition) is 0. The van der Waals surface area contributed by atoms with Crippen molar-refractivity contribution in [1.82, 2.24) is 4.90 Å². The summed E-state index contributed by atoms with van der Waals surface area (Å²) in [4.78, 5) is 5.20. The van der Waals surface area contributed by atoms with Gasteiger partial charge in [0.2, 0.25) is 5.82 Å². The van der Waals surface area contributed by atoms with E-state index < -0.39 is 47.0 Å². The highest BCUT2D eigenvalue weighted by Crippen LogP contribution is 2.43. The Hall–Kier alpha value is -2.72. The summed E-state index contributed by atoms with van der Waals surface area (Å²) in [5.74, 6) is -3.96. The zero-order valence-corrected chi connectivity index (χ0v) is 15.2. The topological polar surface area (TPSA) is 34.1 Å². The molecule has 0 saturated carbocycles. The number of alkyl halides is 5. The largest absolute Gasteiger partial charge is 0.490 e. The maximum atomic E-state index is 14.3. The number of nitrogens with zero attached hydrogens (tertiary/aromatic N) is 2. The molecule has 0 amide bonds. The summed E-state index contributed by atoms with van der Waals surface area (Å²) in [6, 6.07) is 2.02. The van der Waals surface area contributed by atoms with Gasteiger partial charge in [-0.3, -0.25) is 4.99 Å². The molecule has 0 aliphatic carbocycles. The molecule has 0 fully saturated rings. The summed E-state index contributed by atoms with van der Waals surface area (Å²) < 4.78 is 102. The van der Waals surface area contributed by atoms with Gasteiger partial charge in [0.25, 0.3) is 0 Å². The second-order valence-electron chi connectivity index (χ2n) is 6.48. The van der Waals surface area contributed by atoms with Crippen molar-refractivity contribution in [2.45, 2.75) is 32.2 Å². The summed E-state index contributed by atoms with van der Waals surface area (Å²) >= 11 is 0. The van der Waals surface area contributed by atoms with Crippen molar-refractivity contribution in [3.63, 3.8) is 0 Å². The molecule has 0 N–H and O–H groups in total. The van der Waals surface area contributed by atoms with Crippen LogP contribution in [-0.4, -0.2) is 36.7 Å². The monoisotopic (exact) mass is 424 g/mol. The maximum absolute atomic E-state index is 14.3. The third-order valence-corrected chi connectivity index (χ3v) is 4.37. The van der Waals surface area contributed by atoms with Crippen molar-refractivity contribution in [2.24, 2.45) is 4.99 Å². The molecule has 0 radical (unpaired) electrons. The van der Waals surface area contributed by atoms with Crippen LogP contribution in [0.5, 0.6) is 5.75 Å². The van der Waals surface area contributed by atoms with Crippen LogP contribution in [0.4, 0.5) is 30.7 Å². The van der Waals surface area contributed by atoms with Gasteiger partial charge in [0.05, 0.1) is 18.7 Å². The van der Waals surface area contributed by atoms with Gasteiger partial charge in [-0.1, -0.05) is 0 Å². The van der Waals surface area contributed by atoms with Gasteiger partial charge in [-0.05, 0) is 32.1 Å². The normalized spacial score (nSPS) is 21.6. The second kappa shape index (κ2) is 7.27. The molecule has 3 rings (SSSR count). The van der Waals surface area contributed by atoms with Crippen molar-refractivity contribution < 1.29 is 40.2 Å². The van der Waals surface area contributed by atoms with Crippen molar-refractivity contribution in [3.8, 4) is 5.75 Å². The Balaban J connectivity index is 2.11. The van der Waals surface area contributed by atoms with Crippen LogP contribution in [0.3, 0.4) is 0 Å². The quantitative estimate of drug-likeness (QED) is 0.633. The van der Waals surface area contributed by atoms with E-state index in [9.17, 15) is 30.7 Å². The minimum absolute atomic E-state index is 0.0124. The molecule has 4 nitrogen and oxygen atoms in total. The third-order valence-electron chi connectivity index (χ3n) is 4.37. The second-order valence-corrected chi connectivity index (χ2v) is 6.48. The lowest BCUT2D eigenvalue weighted by Gasteiger charge is -2.27. The van der Waals surface area contributed by atoms with Crippen LogP contribution in [0.2, 0.25) is 0 Å². The first-order valence-electron chi connectivity index (χ1n) is 8.40. The molecule has 0 bridgehead atoms. The van der Waals surface area contributed by atoms with Gasteiger partial charge in [-0.2, -0.15) is 26.3 Å². The highest BCUT2D eigenvalue weighted by atomic mass is 19.4. The fourth-order valence-corrected chi connectivity index (χ4v) is 3.18. The predicted molar refractivity (Wildman–Crippen MR) is 88.3 cm³/mol. The summed E-state index contributed by atoms with van der Waals surface area (Å²) in [5, 5.41) is 0. The predicted octanol–water partition coefficient (Wildman–Crippen LogP) is 4.88. The lowest BCUT2D eigenvalue weighted by molar-refractivity contribution is -0.0981. The number of allylic oxidation sites excluding steroid dienone is 2. The Morgan fingerprint density at radius 3 is 2.52 bits per heavy atom. The van der Waals surface area contributed by atoms with Crippen LogP contribution in [0.25, 0.3) is 0 Å². The molecule has 11 heteroatoms. The molecule has 158 valence electrons. The highest BCUT2D eigenvalue weighted by molar-refractivity contribution is 6.00. The maximum Gasteiger partial charge on any atom is 0.417 e. The molecular formula is C18H15F7N2O2. The fourth-order valence-electron chi connectivity index (χ4n) is 3.18. The Morgan fingerprint density at radius 1 is 1.24 bits per heavy atom. The average molecular weight is 424 g/mol. The minimum Gasteiger partial charge on any atom is -0.490 e. The fraction of sp³-hybridized carbons (Fsp3) is 0.389. The molecule has 1 aromatic rings. The smallest absolute Gasteiger partial charge is 0.417 e. The van der Waals surface area contributed by atoms with E-state index >= 15 is 0 Å². The standard InChI is InChI=1S/C18H15F7N2O2/c1-3-28-14-10(4-5-11(19)13(14)20)17(2)8-27-7-9(18(23,24)25)6-12(15(27)26-17)29-16(21)22/h4-7,16H,3,8H2,1-2H3/t17-/m1/s1. The van der Waals surface area contributed by atoms with Gasteiger partial charge in [0, 0.05) is 11.8 Å². The van der Waals surface area contributed by atoms with Gasteiger partial charge in [0.15, 0.2) is 23.2 Å².